The van der Waals surface area contributed by atoms with Crippen molar-refractivity contribution in [1.82, 2.24) is 9.80 Å². The summed E-state index contributed by atoms with van der Waals surface area (Å²) in [6, 6.07) is 15.8. The minimum atomic E-state index is -0.693. The lowest BCUT2D eigenvalue weighted by molar-refractivity contribution is -0.134. The molecule has 2 aliphatic heterocycles. The number of fused-ring (bicyclic) bond motifs is 3. The molecule has 1 N–H and O–H groups in total. The maximum Gasteiger partial charge on any atom is 0.410 e. The molecule has 30 heavy (non-hydrogen) atoms. The molecule has 2 atom stereocenters. The highest BCUT2D eigenvalue weighted by atomic mass is 16.6. The average Bonchev–Trinajstić information content (AvgIpc) is 3.50. The van der Waals surface area contributed by atoms with Crippen molar-refractivity contribution in [3.63, 3.8) is 0 Å². The normalized spacial score (nSPS) is 22.8. The van der Waals surface area contributed by atoms with Crippen LogP contribution in [0.4, 0.5) is 4.79 Å². The molecule has 6 heteroatoms. The summed E-state index contributed by atoms with van der Waals surface area (Å²) in [6.45, 7) is 1.80. The van der Waals surface area contributed by atoms with E-state index in [1.807, 2.05) is 24.3 Å². The maximum atomic E-state index is 12.9. The first-order valence-electron chi connectivity index (χ1n) is 10.7. The van der Waals surface area contributed by atoms with Crippen LogP contribution in [0.15, 0.2) is 48.5 Å². The predicted octanol–water partition coefficient (Wildman–Crippen LogP) is 2.99. The number of ether oxygens (including phenoxy) is 1. The van der Waals surface area contributed by atoms with E-state index in [9.17, 15) is 14.7 Å². The number of β-amino-alcohol motifs (C(OH)–C–C–N with tert-alkyl or cyclic N) is 1. The van der Waals surface area contributed by atoms with E-state index < -0.39 is 18.2 Å². The van der Waals surface area contributed by atoms with E-state index in [-0.39, 0.29) is 31.4 Å². The van der Waals surface area contributed by atoms with Crippen LogP contribution >= 0.6 is 0 Å². The Balaban J connectivity index is 1.31. The van der Waals surface area contributed by atoms with E-state index in [1.165, 1.54) is 16.0 Å². The van der Waals surface area contributed by atoms with Gasteiger partial charge in [-0.05, 0) is 35.1 Å². The van der Waals surface area contributed by atoms with Crippen LogP contribution < -0.4 is 0 Å². The third kappa shape index (κ3) is 3.25. The summed E-state index contributed by atoms with van der Waals surface area (Å²) in [5.74, 6) is -0.0980. The second kappa shape index (κ2) is 7.76. The van der Waals surface area contributed by atoms with E-state index in [1.54, 1.807) is 4.90 Å². The summed E-state index contributed by atoms with van der Waals surface area (Å²) in [7, 11) is 0. The number of rotatable bonds is 3. The Hall–Kier alpha value is -2.86. The summed E-state index contributed by atoms with van der Waals surface area (Å²) in [5, 5.41) is 10.1. The third-order valence-corrected chi connectivity index (χ3v) is 6.55. The van der Waals surface area contributed by atoms with Gasteiger partial charge in [0.05, 0.1) is 12.6 Å². The lowest BCUT2D eigenvalue weighted by Crippen LogP contribution is -2.47. The number of hydrogen-bond acceptors (Lipinski definition) is 4. The van der Waals surface area contributed by atoms with Gasteiger partial charge in [-0.2, -0.15) is 0 Å². The van der Waals surface area contributed by atoms with Crippen molar-refractivity contribution in [2.45, 2.75) is 37.3 Å². The van der Waals surface area contributed by atoms with Crippen LogP contribution in [0.3, 0.4) is 0 Å². The minimum Gasteiger partial charge on any atom is -0.448 e. The number of aliphatic hydroxyl groups excluding tert-OH is 1. The van der Waals surface area contributed by atoms with Gasteiger partial charge in [0.1, 0.15) is 12.6 Å². The molecule has 2 amide bonds. The summed E-state index contributed by atoms with van der Waals surface area (Å²) in [4.78, 5) is 29.0. The van der Waals surface area contributed by atoms with Gasteiger partial charge in [-0.3, -0.25) is 9.69 Å². The Morgan fingerprint density at radius 2 is 1.57 bits per heavy atom. The molecule has 0 spiro atoms. The van der Waals surface area contributed by atoms with Crippen LogP contribution in [0, 0.1) is 0 Å². The van der Waals surface area contributed by atoms with Crippen LogP contribution in [0.5, 0.6) is 0 Å². The molecule has 0 bridgehead atoms. The minimum absolute atomic E-state index is 0.0263. The van der Waals surface area contributed by atoms with E-state index in [0.29, 0.717) is 0 Å². The van der Waals surface area contributed by atoms with Gasteiger partial charge in [0, 0.05) is 25.4 Å². The van der Waals surface area contributed by atoms with Gasteiger partial charge < -0.3 is 14.7 Å². The molecule has 2 unspecified atom stereocenters. The molecule has 1 aliphatic carbocycles. The Morgan fingerprint density at radius 3 is 2.20 bits per heavy atom. The lowest BCUT2D eigenvalue weighted by Gasteiger charge is -2.27. The highest BCUT2D eigenvalue weighted by Gasteiger charge is 2.42. The van der Waals surface area contributed by atoms with Gasteiger partial charge in [0.15, 0.2) is 0 Å². The zero-order valence-electron chi connectivity index (χ0n) is 16.9. The number of amides is 2. The number of likely N-dealkylation sites (tertiary alicyclic amines) is 2. The Labute approximate surface area is 176 Å². The van der Waals surface area contributed by atoms with Crippen molar-refractivity contribution in [2.24, 2.45) is 0 Å². The van der Waals surface area contributed by atoms with Gasteiger partial charge in [-0.1, -0.05) is 48.5 Å². The van der Waals surface area contributed by atoms with Crippen LogP contribution in [0.2, 0.25) is 0 Å². The molecular formula is C24H26N2O4. The Bertz CT molecular complexity index is 924. The number of carbonyl (C=O) groups is 2. The van der Waals surface area contributed by atoms with Crippen molar-refractivity contribution in [3.05, 3.63) is 59.7 Å². The molecular weight excluding hydrogens is 380 g/mol. The number of aliphatic hydroxyl groups is 1. The SMILES string of the molecule is O=C(C1CC(O)CN1C(=O)OCC1c2ccccc2-c2ccccc21)N1CCCC1. The molecule has 2 aromatic carbocycles. The Morgan fingerprint density at radius 1 is 0.967 bits per heavy atom. The highest BCUT2D eigenvalue weighted by molar-refractivity contribution is 5.87. The molecule has 5 rings (SSSR count). The monoisotopic (exact) mass is 406 g/mol. The van der Waals surface area contributed by atoms with Gasteiger partial charge >= 0.3 is 6.09 Å². The molecule has 3 aliphatic rings. The fourth-order valence-electron chi connectivity index (χ4n) is 5.07. The van der Waals surface area contributed by atoms with Crippen LogP contribution in [0.25, 0.3) is 11.1 Å². The first-order valence-corrected chi connectivity index (χ1v) is 10.7. The van der Waals surface area contributed by atoms with Gasteiger partial charge in [-0.15, -0.1) is 0 Å². The number of benzene rings is 2. The molecule has 6 nitrogen and oxygen atoms in total. The van der Waals surface area contributed by atoms with Crippen molar-refractivity contribution in [2.75, 3.05) is 26.2 Å². The fraction of sp³-hybridized carbons (Fsp3) is 0.417. The zero-order chi connectivity index (χ0) is 20.7. The first-order chi connectivity index (χ1) is 14.6. The van der Waals surface area contributed by atoms with Crippen LogP contribution in [0.1, 0.15) is 36.3 Å². The van der Waals surface area contributed by atoms with Crippen LogP contribution in [-0.4, -0.2) is 65.3 Å². The molecule has 0 radical (unpaired) electrons. The second-order valence-electron chi connectivity index (χ2n) is 8.39. The highest BCUT2D eigenvalue weighted by Crippen LogP contribution is 2.44. The topological polar surface area (TPSA) is 70.1 Å². The van der Waals surface area contributed by atoms with Crippen molar-refractivity contribution < 1.29 is 19.4 Å². The molecule has 2 saturated heterocycles. The summed E-state index contributed by atoms with van der Waals surface area (Å²) in [5.41, 5.74) is 4.65. The molecule has 2 fully saturated rings. The molecule has 156 valence electrons. The number of nitrogens with zero attached hydrogens (tertiary/aromatic N) is 2. The molecule has 2 heterocycles. The third-order valence-electron chi connectivity index (χ3n) is 6.55. The number of carbonyl (C=O) groups excluding carboxylic acids is 2. The maximum absolute atomic E-state index is 12.9. The van der Waals surface area contributed by atoms with Gasteiger partial charge in [0.25, 0.3) is 0 Å². The molecule has 0 aromatic heterocycles. The van der Waals surface area contributed by atoms with Crippen molar-refractivity contribution in [1.29, 1.82) is 0 Å². The Kier molecular flexibility index (Phi) is 4.95. The summed E-state index contributed by atoms with van der Waals surface area (Å²) >= 11 is 0. The first kappa shape index (κ1) is 19.1. The predicted molar refractivity (Wildman–Crippen MR) is 112 cm³/mol. The fourth-order valence-corrected chi connectivity index (χ4v) is 5.07. The summed E-state index contributed by atoms with van der Waals surface area (Å²) in [6.07, 6.45) is 1.05. The smallest absolute Gasteiger partial charge is 0.410 e. The summed E-state index contributed by atoms with van der Waals surface area (Å²) < 4.78 is 5.72. The quantitative estimate of drug-likeness (QED) is 0.851. The average molecular weight is 406 g/mol. The van der Waals surface area contributed by atoms with E-state index >= 15 is 0 Å². The molecule has 0 saturated carbocycles. The molecule has 2 aromatic rings. The zero-order valence-corrected chi connectivity index (χ0v) is 16.9. The standard InChI is InChI=1S/C24H26N2O4/c27-16-13-22(23(28)25-11-5-6-12-25)26(14-16)24(29)30-15-21-19-9-3-1-7-17(19)18-8-2-4-10-20(18)21/h1-4,7-10,16,21-22,27H,5-6,11-15H2. The second-order valence-corrected chi connectivity index (χ2v) is 8.39. The number of hydrogen-bond donors (Lipinski definition) is 1. The lowest BCUT2D eigenvalue weighted by atomic mass is 9.98. The van der Waals surface area contributed by atoms with E-state index in [0.717, 1.165) is 37.1 Å². The van der Waals surface area contributed by atoms with E-state index in [2.05, 4.69) is 24.3 Å². The van der Waals surface area contributed by atoms with Gasteiger partial charge in [0.2, 0.25) is 5.91 Å². The van der Waals surface area contributed by atoms with Crippen LogP contribution in [-0.2, 0) is 9.53 Å². The van der Waals surface area contributed by atoms with E-state index in [4.69, 9.17) is 4.74 Å². The van der Waals surface area contributed by atoms with Crippen molar-refractivity contribution in [3.8, 4) is 11.1 Å². The van der Waals surface area contributed by atoms with Gasteiger partial charge in [-0.25, -0.2) is 4.79 Å². The van der Waals surface area contributed by atoms with Crippen molar-refractivity contribution >= 4 is 12.0 Å². The largest absolute Gasteiger partial charge is 0.448 e.